The zero-order valence-corrected chi connectivity index (χ0v) is 16.6. The molecule has 162 valence electrons. The number of carbonyl (C=O) groups is 2. The van der Waals surface area contributed by atoms with Crippen LogP contribution >= 0.6 is 11.6 Å². The Morgan fingerprint density at radius 2 is 1.93 bits per heavy atom. The molecule has 3 amide bonds. The van der Waals surface area contributed by atoms with Gasteiger partial charge in [-0.15, -0.1) is 0 Å². The third-order valence-corrected chi connectivity index (χ3v) is 5.11. The van der Waals surface area contributed by atoms with Crippen LogP contribution in [-0.2, 0) is 11.3 Å². The van der Waals surface area contributed by atoms with Gasteiger partial charge in [0.25, 0.3) is 0 Å². The second kappa shape index (κ2) is 10.7. The third kappa shape index (κ3) is 7.72. The summed E-state index contributed by atoms with van der Waals surface area (Å²) in [4.78, 5) is 24.4. The lowest BCUT2D eigenvalue weighted by Crippen LogP contribution is -2.52. The molecule has 2 N–H and O–H groups in total. The molecular weight excluding hydrogens is 414 g/mol. The molecule has 5 nitrogen and oxygen atoms in total. The Morgan fingerprint density at radius 3 is 2.48 bits per heavy atom. The van der Waals surface area contributed by atoms with E-state index in [1.165, 1.54) is 17.0 Å². The Bertz CT molecular complexity index is 709. The normalized spacial score (nSPS) is 17.8. The van der Waals surface area contributed by atoms with Crippen LogP contribution < -0.4 is 10.6 Å². The Morgan fingerprint density at radius 1 is 1.24 bits per heavy atom. The zero-order chi connectivity index (χ0) is 21.4. The third-order valence-electron chi connectivity index (χ3n) is 4.82. The Kier molecular flexibility index (Phi) is 8.55. The van der Waals surface area contributed by atoms with E-state index in [9.17, 15) is 27.2 Å². The Balaban J connectivity index is 0.000000253. The van der Waals surface area contributed by atoms with Crippen LogP contribution in [0.2, 0.25) is 5.02 Å². The average molecular weight is 438 g/mol. The van der Waals surface area contributed by atoms with Gasteiger partial charge in [0.1, 0.15) is 12.4 Å². The van der Waals surface area contributed by atoms with E-state index < -0.39 is 17.9 Å². The molecule has 1 saturated heterocycles. The topological polar surface area (TPSA) is 61.4 Å². The van der Waals surface area contributed by atoms with Gasteiger partial charge < -0.3 is 15.5 Å². The summed E-state index contributed by atoms with van der Waals surface area (Å²) in [6.07, 6.45) is -0.742. The van der Waals surface area contributed by atoms with Crippen molar-refractivity contribution in [2.75, 3.05) is 19.6 Å². The summed E-state index contributed by atoms with van der Waals surface area (Å²) in [7, 11) is 0. The van der Waals surface area contributed by atoms with Crippen molar-refractivity contribution in [3.8, 4) is 0 Å². The van der Waals surface area contributed by atoms with Crippen molar-refractivity contribution >= 4 is 23.5 Å². The van der Waals surface area contributed by atoms with Crippen molar-refractivity contribution in [1.29, 1.82) is 0 Å². The van der Waals surface area contributed by atoms with Crippen molar-refractivity contribution in [2.45, 2.75) is 44.8 Å². The molecule has 0 aromatic heterocycles. The summed E-state index contributed by atoms with van der Waals surface area (Å²) in [5.41, 5.74) is 0.696. The van der Waals surface area contributed by atoms with E-state index in [4.69, 9.17) is 11.6 Å². The van der Waals surface area contributed by atoms with E-state index >= 15 is 0 Å². The number of carbonyl (C=O) groups excluding carboxylic acids is 2. The number of rotatable bonds is 2. The summed E-state index contributed by atoms with van der Waals surface area (Å²) in [6, 6.07) is 3.93. The predicted molar refractivity (Wildman–Crippen MR) is 101 cm³/mol. The molecule has 1 aromatic rings. The van der Waals surface area contributed by atoms with Crippen molar-refractivity contribution in [2.24, 2.45) is 5.92 Å². The lowest BCUT2D eigenvalue weighted by atomic mass is 9.89. The van der Waals surface area contributed by atoms with Gasteiger partial charge in [-0.25, -0.2) is 9.18 Å². The first kappa shape index (κ1) is 23.3. The standard InChI is InChI=1S/C12H13ClFN3O2.C7H11F3/c13-9-5-8(1-2-10(9)14)6-16-12(19)17-4-3-15-11(18)7-17;8-7(9,10)6-4-2-1-3-5-6/h1-2,5H,3-4,6-7H2,(H,15,18)(H,16,19);6H,1-5H2. The molecule has 2 aliphatic rings. The van der Waals surface area contributed by atoms with Crippen molar-refractivity contribution < 1.29 is 27.2 Å². The van der Waals surface area contributed by atoms with Gasteiger partial charge in [0.15, 0.2) is 0 Å². The van der Waals surface area contributed by atoms with E-state index in [0.717, 1.165) is 19.3 Å². The molecule has 1 aliphatic heterocycles. The quantitative estimate of drug-likeness (QED) is 0.679. The van der Waals surface area contributed by atoms with Crippen LogP contribution in [0.25, 0.3) is 0 Å². The summed E-state index contributed by atoms with van der Waals surface area (Å²) < 4.78 is 48.8. The molecule has 1 aromatic carbocycles. The molecule has 0 unspecified atom stereocenters. The summed E-state index contributed by atoms with van der Waals surface area (Å²) in [5, 5.41) is 5.31. The van der Waals surface area contributed by atoms with E-state index in [0.29, 0.717) is 31.5 Å². The van der Waals surface area contributed by atoms with Gasteiger partial charge in [0.05, 0.1) is 10.9 Å². The number of halogens is 5. The maximum absolute atomic E-state index is 13.0. The maximum Gasteiger partial charge on any atom is 0.391 e. The van der Waals surface area contributed by atoms with Crippen LogP contribution in [0, 0.1) is 11.7 Å². The molecule has 0 bridgehead atoms. The van der Waals surface area contributed by atoms with Crippen LogP contribution in [0.4, 0.5) is 22.4 Å². The number of nitrogens with one attached hydrogen (secondary N) is 2. The van der Waals surface area contributed by atoms with Gasteiger partial charge in [-0.2, -0.15) is 13.2 Å². The van der Waals surface area contributed by atoms with Crippen LogP contribution in [0.3, 0.4) is 0 Å². The van der Waals surface area contributed by atoms with E-state index in [-0.39, 0.29) is 30.1 Å². The summed E-state index contributed by atoms with van der Waals surface area (Å²) in [6.45, 7) is 1.21. The number of piperazine rings is 1. The van der Waals surface area contributed by atoms with Gasteiger partial charge in [-0.05, 0) is 30.5 Å². The molecule has 0 radical (unpaired) electrons. The Hall–Kier alpha value is -2.03. The van der Waals surface area contributed by atoms with Gasteiger partial charge in [-0.3, -0.25) is 4.79 Å². The monoisotopic (exact) mass is 437 g/mol. The van der Waals surface area contributed by atoms with Crippen LogP contribution in [0.15, 0.2) is 18.2 Å². The molecule has 1 aliphatic carbocycles. The highest BCUT2D eigenvalue weighted by molar-refractivity contribution is 6.30. The summed E-state index contributed by atoms with van der Waals surface area (Å²) >= 11 is 5.65. The van der Waals surface area contributed by atoms with Crippen molar-refractivity contribution in [3.63, 3.8) is 0 Å². The minimum absolute atomic E-state index is 0.0177. The number of amides is 3. The molecule has 10 heteroatoms. The lowest BCUT2D eigenvalue weighted by Gasteiger charge is -2.26. The highest BCUT2D eigenvalue weighted by atomic mass is 35.5. The fraction of sp³-hybridized carbons (Fsp3) is 0.579. The Labute approximate surface area is 171 Å². The largest absolute Gasteiger partial charge is 0.391 e. The molecule has 1 heterocycles. The summed E-state index contributed by atoms with van der Waals surface area (Å²) in [5.74, 6) is -1.67. The number of alkyl halides is 3. The molecule has 0 atom stereocenters. The number of hydrogen-bond acceptors (Lipinski definition) is 2. The zero-order valence-electron chi connectivity index (χ0n) is 15.8. The fourth-order valence-electron chi connectivity index (χ4n) is 3.18. The minimum Gasteiger partial charge on any atom is -0.353 e. The first-order chi connectivity index (χ1) is 13.7. The van der Waals surface area contributed by atoms with Crippen LogP contribution in [0.5, 0.6) is 0 Å². The van der Waals surface area contributed by atoms with Gasteiger partial charge >= 0.3 is 12.2 Å². The lowest BCUT2D eigenvalue weighted by molar-refractivity contribution is -0.181. The highest BCUT2D eigenvalue weighted by Gasteiger charge is 2.39. The number of urea groups is 1. The van der Waals surface area contributed by atoms with E-state index in [2.05, 4.69) is 10.6 Å². The number of hydrogen-bond donors (Lipinski definition) is 2. The first-order valence-corrected chi connectivity index (χ1v) is 9.84. The fourth-order valence-corrected chi connectivity index (χ4v) is 3.38. The average Bonchev–Trinajstić information content (AvgIpc) is 2.69. The maximum atomic E-state index is 13.0. The second-order valence-electron chi connectivity index (χ2n) is 7.06. The molecule has 1 saturated carbocycles. The molecule has 2 fully saturated rings. The van der Waals surface area contributed by atoms with Gasteiger partial charge in [0.2, 0.25) is 5.91 Å². The smallest absolute Gasteiger partial charge is 0.353 e. The first-order valence-electron chi connectivity index (χ1n) is 9.47. The molecule has 0 spiro atoms. The highest BCUT2D eigenvalue weighted by Crippen LogP contribution is 2.37. The molecular formula is C19H24ClF4N3O2. The van der Waals surface area contributed by atoms with Crippen LogP contribution in [-0.4, -0.2) is 42.6 Å². The molecule has 29 heavy (non-hydrogen) atoms. The molecule has 3 rings (SSSR count). The minimum atomic E-state index is -3.93. The van der Waals surface area contributed by atoms with E-state index in [1.807, 2.05) is 0 Å². The number of nitrogens with zero attached hydrogens (tertiary/aromatic N) is 1. The van der Waals surface area contributed by atoms with Crippen molar-refractivity contribution in [1.82, 2.24) is 15.5 Å². The SMILES string of the molecule is FC(F)(F)C1CCCCC1.O=C1CN(C(=O)NCc2ccc(F)c(Cl)c2)CCN1. The number of benzene rings is 1. The van der Waals surface area contributed by atoms with Crippen molar-refractivity contribution in [3.05, 3.63) is 34.6 Å². The van der Waals surface area contributed by atoms with Crippen LogP contribution in [0.1, 0.15) is 37.7 Å². The van der Waals surface area contributed by atoms with Gasteiger partial charge in [0, 0.05) is 19.6 Å². The van der Waals surface area contributed by atoms with E-state index in [1.54, 1.807) is 6.07 Å². The van der Waals surface area contributed by atoms with Gasteiger partial charge in [-0.1, -0.05) is 36.9 Å². The predicted octanol–water partition coefficient (Wildman–Crippen LogP) is 4.25. The second-order valence-corrected chi connectivity index (χ2v) is 7.46.